The second-order valence-corrected chi connectivity index (χ2v) is 5.54. The predicted molar refractivity (Wildman–Crippen MR) is 85.4 cm³/mol. The molecule has 21 heavy (non-hydrogen) atoms. The van der Waals surface area contributed by atoms with E-state index in [4.69, 9.17) is 0 Å². The van der Waals surface area contributed by atoms with E-state index < -0.39 is 0 Å². The summed E-state index contributed by atoms with van der Waals surface area (Å²) in [4.78, 5) is 18.4. The summed E-state index contributed by atoms with van der Waals surface area (Å²) in [5.74, 6) is 1.05. The molecule has 0 aliphatic carbocycles. The Balaban J connectivity index is 1.75. The van der Waals surface area contributed by atoms with Crippen molar-refractivity contribution in [1.29, 1.82) is 0 Å². The molecule has 0 spiro atoms. The van der Waals surface area contributed by atoms with E-state index in [2.05, 4.69) is 33.5 Å². The highest BCUT2D eigenvalue weighted by atomic mass is 16.2. The van der Waals surface area contributed by atoms with Crippen molar-refractivity contribution in [1.82, 2.24) is 15.6 Å². The average molecular weight is 290 g/mol. The zero-order valence-electron chi connectivity index (χ0n) is 12.9. The van der Waals surface area contributed by atoms with E-state index in [9.17, 15) is 4.79 Å². The molecule has 0 radical (unpaired) electrons. The Labute approximate surface area is 127 Å². The molecule has 0 bridgehead atoms. The molecule has 5 nitrogen and oxygen atoms in total. The van der Waals surface area contributed by atoms with Crippen LogP contribution in [0.1, 0.15) is 44.6 Å². The maximum absolute atomic E-state index is 11.6. The average Bonchev–Trinajstić information content (AvgIpc) is 2.54. The SMILES string of the molecule is CCCCNC(=O)NCc1ccc(N2CCCCC2)nc1. The fraction of sp³-hybridized carbons (Fsp3) is 0.625. The highest BCUT2D eigenvalue weighted by Gasteiger charge is 2.11. The summed E-state index contributed by atoms with van der Waals surface area (Å²) in [5, 5.41) is 5.69. The Morgan fingerprint density at radius 3 is 2.71 bits per heavy atom. The lowest BCUT2D eigenvalue weighted by Crippen LogP contribution is -2.35. The number of urea groups is 1. The van der Waals surface area contributed by atoms with Gasteiger partial charge in [-0.15, -0.1) is 0 Å². The topological polar surface area (TPSA) is 57.3 Å². The van der Waals surface area contributed by atoms with Crippen molar-refractivity contribution < 1.29 is 4.79 Å². The van der Waals surface area contributed by atoms with Crippen molar-refractivity contribution in [3.8, 4) is 0 Å². The lowest BCUT2D eigenvalue weighted by Gasteiger charge is -2.27. The van der Waals surface area contributed by atoms with Gasteiger partial charge in [-0.3, -0.25) is 0 Å². The lowest BCUT2D eigenvalue weighted by molar-refractivity contribution is 0.240. The molecule has 0 aromatic carbocycles. The molecular formula is C16H26N4O. The van der Waals surface area contributed by atoms with Gasteiger partial charge in [0, 0.05) is 32.4 Å². The molecule has 0 saturated carbocycles. The summed E-state index contributed by atoms with van der Waals surface area (Å²) >= 11 is 0. The number of rotatable bonds is 6. The summed E-state index contributed by atoms with van der Waals surface area (Å²) in [6.07, 6.45) is 7.79. The van der Waals surface area contributed by atoms with E-state index in [-0.39, 0.29) is 6.03 Å². The number of pyridine rings is 1. The van der Waals surface area contributed by atoms with E-state index in [1.165, 1.54) is 19.3 Å². The van der Waals surface area contributed by atoms with Gasteiger partial charge in [-0.05, 0) is 37.3 Å². The van der Waals surface area contributed by atoms with Gasteiger partial charge in [-0.2, -0.15) is 0 Å². The molecule has 1 aliphatic rings. The van der Waals surface area contributed by atoms with Crippen LogP contribution in [0.5, 0.6) is 0 Å². The summed E-state index contributed by atoms with van der Waals surface area (Å²) in [7, 11) is 0. The molecule has 0 atom stereocenters. The van der Waals surface area contributed by atoms with E-state index in [1.807, 2.05) is 12.3 Å². The number of hydrogen-bond donors (Lipinski definition) is 2. The Morgan fingerprint density at radius 2 is 2.05 bits per heavy atom. The number of piperidine rings is 1. The van der Waals surface area contributed by atoms with Crippen LogP contribution in [0.2, 0.25) is 0 Å². The van der Waals surface area contributed by atoms with Crippen molar-refractivity contribution in [2.75, 3.05) is 24.5 Å². The maximum atomic E-state index is 11.6. The number of anilines is 1. The number of carbonyl (C=O) groups is 1. The second-order valence-electron chi connectivity index (χ2n) is 5.54. The van der Waals surface area contributed by atoms with Gasteiger partial charge >= 0.3 is 6.03 Å². The van der Waals surface area contributed by atoms with E-state index in [1.54, 1.807) is 0 Å². The zero-order valence-corrected chi connectivity index (χ0v) is 12.9. The van der Waals surface area contributed by atoms with Crippen LogP contribution in [-0.4, -0.2) is 30.6 Å². The van der Waals surface area contributed by atoms with Gasteiger partial charge in [-0.25, -0.2) is 9.78 Å². The Kier molecular flexibility index (Phi) is 6.31. The minimum absolute atomic E-state index is 0.108. The van der Waals surface area contributed by atoms with Crippen molar-refractivity contribution in [3.63, 3.8) is 0 Å². The smallest absolute Gasteiger partial charge is 0.315 e. The Bertz CT molecular complexity index is 426. The first-order valence-corrected chi connectivity index (χ1v) is 8.01. The fourth-order valence-electron chi connectivity index (χ4n) is 2.45. The number of nitrogens with one attached hydrogen (secondary N) is 2. The summed E-state index contributed by atoms with van der Waals surface area (Å²) in [6.45, 7) is 5.56. The van der Waals surface area contributed by atoms with Crippen LogP contribution in [0.15, 0.2) is 18.3 Å². The first-order chi connectivity index (χ1) is 10.3. The Morgan fingerprint density at radius 1 is 1.24 bits per heavy atom. The van der Waals surface area contributed by atoms with Crippen molar-refractivity contribution >= 4 is 11.8 Å². The van der Waals surface area contributed by atoms with Crippen LogP contribution in [0.4, 0.5) is 10.6 Å². The third-order valence-corrected chi connectivity index (χ3v) is 3.76. The van der Waals surface area contributed by atoms with E-state index in [0.717, 1.165) is 43.9 Å². The van der Waals surface area contributed by atoms with Gasteiger partial charge in [0.1, 0.15) is 5.82 Å². The van der Waals surface area contributed by atoms with E-state index >= 15 is 0 Å². The van der Waals surface area contributed by atoms with Crippen LogP contribution in [0.3, 0.4) is 0 Å². The second kappa shape index (κ2) is 8.49. The molecule has 116 valence electrons. The molecule has 1 aromatic rings. The first kappa shape index (κ1) is 15.6. The van der Waals surface area contributed by atoms with Gasteiger partial charge in [0.25, 0.3) is 0 Å². The minimum atomic E-state index is -0.108. The highest BCUT2D eigenvalue weighted by molar-refractivity contribution is 5.73. The number of amides is 2. The molecule has 5 heteroatoms. The van der Waals surface area contributed by atoms with Crippen molar-refractivity contribution in [2.45, 2.75) is 45.6 Å². The number of carbonyl (C=O) groups excluding carboxylic acids is 1. The molecule has 1 saturated heterocycles. The summed E-state index contributed by atoms with van der Waals surface area (Å²) in [6, 6.07) is 3.99. The molecule has 1 fully saturated rings. The number of unbranched alkanes of at least 4 members (excludes halogenated alkanes) is 1. The van der Waals surface area contributed by atoms with Gasteiger partial charge in [0.05, 0.1) is 0 Å². The van der Waals surface area contributed by atoms with Gasteiger partial charge in [0.15, 0.2) is 0 Å². The summed E-state index contributed by atoms with van der Waals surface area (Å²) in [5.41, 5.74) is 1.03. The van der Waals surface area contributed by atoms with Crippen LogP contribution in [0, 0.1) is 0 Å². The number of hydrogen-bond acceptors (Lipinski definition) is 3. The molecule has 2 N–H and O–H groups in total. The van der Waals surface area contributed by atoms with Crippen LogP contribution < -0.4 is 15.5 Å². The lowest BCUT2D eigenvalue weighted by atomic mass is 10.1. The van der Waals surface area contributed by atoms with Crippen LogP contribution in [-0.2, 0) is 6.54 Å². The van der Waals surface area contributed by atoms with Gasteiger partial charge < -0.3 is 15.5 Å². The third kappa shape index (κ3) is 5.25. The Hall–Kier alpha value is -1.78. The monoisotopic (exact) mass is 290 g/mol. The fourth-order valence-corrected chi connectivity index (χ4v) is 2.45. The molecule has 2 heterocycles. The van der Waals surface area contributed by atoms with Gasteiger partial charge in [0.2, 0.25) is 0 Å². The van der Waals surface area contributed by atoms with E-state index in [0.29, 0.717) is 6.54 Å². The minimum Gasteiger partial charge on any atom is -0.357 e. The molecule has 1 aliphatic heterocycles. The quantitative estimate of drug-likeness (QED) is 0.792. The van der Waals surface area contributed by atoms with Crippen LogP contribution in [0.25, 0.3) is 0 Å². The molecule has 0 unspecified atom stereocenters. The molecule has 2 rings (SSSR count). The summed E-state index contributed by atoms with van der Waals surface area (Å²) < 4.78 is 0. The molecular weight excluding hydrogens is 264 g/mol. The zero-order chi connectivity index (χ0) is 14.9. The standard InChI is InChI=1S/C16H26N4O/c1-2-3-9-17-16(21)19-13-14-7-8-15(18-12-14)20-10-5-4-6-11-20/h7-8,12H,2-6,9-11,13H2,1H3,(H2,17,19,21). The van der Waals surface area contributed by atoms with Crippen molar-refractivity contribution in [3.05, 3.63) is 23.9 Å². The maximum Gasteiger partial charge on any atom is 0.315 e. The predicted octanol–water partition coefficient (Wildman–Crippen LogP) is 2.67. The first-order valence-electron chi connectivity index (χ1n) is 8.01. The van der Waals surface area contributed by atoms with Crippen molar-refractivity contribution in [2.24, 2.45) is 0 Å². The van der Waals surface area contributed by atoms with Crippen LogP contribution >= 0.6 is 0 Å². The molecule has 1 aromatic heterocycles. The largest absolute Gasteiger partial charge is 0.357 e. The van der Waals surface area contributed by atoms with Gasteiger partial charge in [-0.1, -0.05) is 19.4 Å². The number of nitrogens with zero attached hydrogens (tertiary/aromatic N) is 2. The third-order valence-electron chi connectivity index (χ3n) is 3.76. The number of aromatic nitrogens is 1. The normalized spacial score (nSPS) is 14.8. The highest BCUT2D eigenvalue weighted by Crippen LogP contribution is 2.17. The molecule has 2 amide bonds.